The van der Waals surface area contributed by atoms with Gasteiger partial charge in [0, 0.05) is 45.9 Å². The molecule has 2 N–H and O–H groups in total. The molecule has 0 saturated carbocycles. The van der Waals surface area contributed by atoms with Crippen LogP contribution in [-0.2, 0) is 25.9 Å². The first-order chi connectivity index (χ1) is 13.8. The van der Waals surface area contributed by atoms with Gasteiger partial charge in [-0.2, -0.15) is 0 Å². The van der Waals surface area contributed by atoms with Gasteiger partial charge in [-0.1, -0.05) is 0 Å². The molecule has 11 nitrogen and oxygen atoms in total. The summed E-state index contributed by atoms with van der Waals surface area (Å²) in [7, 11) is 5.01. The Morgan fingerprint density at radius 2 is 1.76 bits per heavy atom. The van der Waals surface area contributed by atoms with Crippen LogP contribution in [0.3, 0.4) is 0 Å². The van der Waals surface area contributed by atoms with Gasteiger partial charge in [0.1, 0.15) is 5.69 Å². The molecule has 0 radical (unpaired) electrons. The number of amides is 2. The maximum Gasteiger partial charge on any atom is 0.374 e. The standard InChI is InChI=1S/C18H21N7O4/c1-5-29-18(28)15-21-13(10-25(15)4)22-16(26)12-8-11(9-24(12)3)20-17(27)14-19-6-7-23(14)2/h6-10H,5H2,1-4H3,(H,20,27)(H,22,26). The molecule has 0 spiro atoms. The van der Waals surface area contributed by atoms with Gasteiger partial charge in [-0.3, -0.25) is 9.59 Å². The van der Waals surface area contributed by atoms with E-state index in [1.54, 1.807) is 49.6 Å². The molecule has 0 saturated heterocycles. The molecule has 0 aliphatic carbocycles. The minimum absolute atomic E-state index is 0.0806. The van der Waals surface area contributed by atoms with Gasteiger partial charge in [0.25, 0.3) is 11.8 Å². The van der Waals surface area contributed by atoms with Crippen LogP contribution in [0.4, 0.5) is 11.5 Å². The molecule has 3 aromatic heterocycles. The van der Waals surface area contributed by atoms with Crippen molar-refractivity contribution in [1.29, 1.82) is 0 Å². The van der Waals surface area contributed by atoms with E-state index in [1.165, 1.54) is 23.0 Å². The molecule has 152 valence electrons. The van der Waals surface area contributed by atoms with Crippen LogP contribution in [0.1, 0.15) is 38.7 Å². The maximum atomic E-state index is 12.6. The Kier molecular flexibility index (Phi) is 5.48. The average Bonchev–Trinajstić information content (AvgIpc) is 3.34. The van der Waals surface area contributed by atoms with E-state index in [4.69, 9.17) is 4.74 Å². The molecule has 3 aromatic rings. The van der Waals surface area contributed by atoms with Gasteiger partial charge >= 0.3 is 5.97 Å². The molecular weight excluding hydrogens is 378 g/mol. The largest absolute Gasteiger partial charge is 0.460 e. The van der Waals surface area contributed by atoms with Crippen molar-refractivity contribution in [3.05, 3.63) is 48.2 Å². The predicted octanol–water partition coefficient (Wildman–Crippen LogP) is 1.17. The SMILES string of the molecule is CCOC(=O)c1nc(NC(=O)c2cc(NC(=O)c3nccn3C)cn2C)cn1C. The van der Waals surface area contributed by atoms with Gasteiger partial charge in [0.05, 0.1) is 12.3 Å². The van der Waals surface area contributed by atoms with Gasteiger partial charge in [0.2, 0.25) is 5.82 Å². The van der Waals surface area contributed by atoms with E-state index in [0.717, 1.165) is 0 Å². The molecule has 29 heavy (non-hydrogen) atoms. The van der Waals surface area contributed by atoms with Crippen molar-refractivity contribution in [2.75, 3.05) is 17.2 Å². The average molecular weight is 399 g/mol. The quantitative estimate of drug-likeness (QED) is 0.600. The summed E-state index contributed by atoms with van der Waals surface area (Å²) in [5, 5.41) is 5.34. The predicted molar refractivity (Wildman–Crippen MR) is 104 cm³/mol. The molecule has 3 heterocycles. The normalized spacial score (nSPS) is 10.6. The summed E-state index contributed by atoms with van der Waals surface area (Å²) in [6.07, 6.45) is 6.31. The van der Waals surface area contributed by atoms with E-state index in [9.17, 15) is 14.4 Å². The highest BCUT2D eigenvalue weighted by molar-refractivity contribution is 6.06. The minimum Gasteiger partial charge on any atom is -0.460 e. The van der Waals surface area contributed by atoms with E-state index in [2.05, 4.69) is 20.6 Å². The number of hydrogen-bond acceptors (Lipinski definition) is 6. The van der Waals surface area contributed by atoms with E-state index in [1.807, 2.05) is 0 Å². The Hall–Kier alpha value is -3.89. The highest BCUT2D eigenvalue weighted by Gasteiger charge is 2.19. The highest BCUT2D eigenvalue weighted by atomic mass is 16.5. The Morgan fingerprint density at radius 1 is 1.00 bits per heavy atom. The fraction of sp³-hybridized carbons (Fsp3) is 0.278. The first kappa shape index (κ1) is 19.9. The second kappa shape index (κ2) is 8.00. The number of anilines is 2. The zero-order valence-corrected chi connectivity index (χ0v) is 16.5. The van der Waals surface area contributed by atoms with Gasteiger partial charge in [0.15, 0.2) is 11.6 Å². The number of nitrogens with zero attached hydrogens (tertiary/aromatic N) is 5. The van der Waals surface area contributed by atoms with Crippen molar-refractivity contribution in [1.82, 2.24) is 23.7 Å². The van der Waals surface area contributed by atoms with Crippen molar-refractivity contribution in [2.24, 2.45) is 21.1 Å². The molecule has 11 heteroatoms. The van der Waals surface area contributed by atoms with Gasteiger partial charge in [-0.15, -0.1) is 0 Å². The monoisotopic (exact) mass is 399 g/mol. The number of hydrogen-bond donors (Lipinski definition) is 2. The molecule has 0 aliphatic heterocycles. The summed E-state index contributed by atoms with van der Waals surface area (Å²) in [6.45, 7) is 1.92. The lowest BCUT2D eigenvalue weighted by Crippen LogP contribution is -2.16. The number of imidazole rings is 2. The minimum atomic E-state index is -0.575. The lowest BCUT2D eigenvalue weighted by Gasteiger charge is -2.02. The number of carbonyl (C=O) groups is 3. The van der Waals surface area contributed by atoms with E-state index >= 15 is 0 Å². The summed E-state index contributed by atoms with van der Waals surface area (Å²) in [6, 6.07) is 1.53. The van der Waals surface area contributed by atoms with Crippen LogP contribution >= 0.6 is 0 Å². The third kappa shape index (κ3) is 4.18. The molecule has 0 aromatic carbocycles. The van der Waals surface area contributed by atoms with Gasteiger partial charge < -0.3 is 29.1 Å². The summed E-state index contributed by atoms with van der Waals surface area (Å²) in [4.78, 5) is 44.8. The van der Waals surface area contributed by atoms with E-state index < -0.39 is 11.9 Å². The number of aromatic nitrogens is 5. The number of aryl methyl sites for hydroxylation is 3. The molecule has 2 amide bonds. The lowest BCUT2D eigenvalue weighted by atomic mass is 10.3. The summed E-state index contributed by atoms with van der Waals surface area (Å²) < 4.78 is 9.55. The fourth-order valence-electron chi connectivity index (χ4n) is 2.72. The third-order valence-corrected chi connectivity index (χ3v) is 4.10. The lowest BCUT2D eigenvalue weighted by molar-refractivity contribution is 0.0507. The van der Waals surface area contributed by atoms with E-state index in [-0.39, 0.29) is 30.0 Å². The number of rotatable bonds is 6. The van der Waals surface area contributed by atoms with Crippen molar-refractivity contribution in [2.45, 2.75) is 6.92 Å². The first-order valence-corrected chi connectivity index (χ1v) is 8.77. The number of carbonyl (C=O) groups excluding carboxylic acids is 3. The van der Waals surface area contributed by atoms with Crippen molar-refractivity contribution < 1.29 is 19.1 Å². The Bertz CT molecular complexity index is 1080. The van der Waals surface area contributed by atoms with Crippen molar-refractivity contribution in [3.8, 4) is 0 Å². The zero-order valence-electron chi connectivity index (χ0n) is 16.5. The van der Waals surface area contributed by atoms with E-state index in [0.29, 0.717) is 11.4 Å². The van der Waals surface area contributed by atoms with Crippen LogP contribution in [0, 0.1) is 0 Å². The first-order valence-electron chi connectivity index (χ1n) is 8.77. The van der Waals surface area contributed by atoms with Gasteiger partial charge in [-0.25, -0.2) is 14.8 Å². The molecular formula is C18H21N7O4. The molecule has 0 fully saturated rings. The summed E-state index contributed by atoms with van der Waals surface area (Å²) in [5.41, 5.74) is 0.738. The summed E-state index contributed by atoms with van der Waals surface area (Å²) >= 11 is 0. The second-order valence-corrected chi connectivity index (χ2v) is 6.28. The number of ether oxygens (including phenoxy) is 1. The number of esters is 1. The topological polar surface area (TPSA) is 125 Å². The van der Waals surface area contributed by atoms with Crippen molar-refractivity contribution in [3.63, 3.8) is 0 Å². The van der Waals surface area contributed by atoms with Crippen LogP contribution in [0.25, 0.3) is 0 Å². The second-order valence-electron chi connectivity index (χ2n) is 6.28. The zero-order chi connectivity index (χ0) is 21.1. The van der Waals surface area contributed by atoms with Crippen LogP contribution in [-0.4, -0.2) is 48.1 Å². The Morgan fingerprint density at radius 3 is 2.41 bits per heavy atom. The summed E-state index contributed by atoms with van der Waals surface area (Å²) in [5.74, 6) is -0.872. The number of nitrogens with one attached hydrogen (secondary N) is 2. The molecule has 0 aliphatic rings. The fourth-order valence-corrected chi connectivity index (χ4v) is 2.72. The van der Waals surface area contributed by atoms with Crippen LogP contribution in [0.15, 0.2) is 30.9 Å². The third-order valence-electron chi connectivity index (χ3n) is 4.10. The molecule has 0 unspecified atom stereocenters. The molecule has 0 atom stereocenters. The Balaban J connectivity index is 1.72. The molecule has 3 rings (SSSR count). The maximum absolute atomic E-state index is 12.6. The van der Waals surface area contributed by atoms with Gasteiger partial charge in [-0.05, 0) is 13.0 Å². The van der Waals surface area contributed by atoms with Crippen LogP contribution in [0.2, 0.25) is 0 Å². The highest BCUT2D eigenvalue weighted by Crippen LogP contribution is 2.16. The molecule has 0 bridgehead atoms. The van der Waals surface area contributed by atoms with Crippen molar-refractivity contribution >= 4 is 29.3 Å². The smallest absolute Gasteiger partial charge is 0.374 e. The van der Waals surface area contributed by atoms with Crippen LogP contribution < -0.4 is 10.6 Å². The Labute approximate surface area is 166 Å². The van der Waals surface area contributed by atoms with Crippen LogP contribution in [0.5, 0.6) is 0 Å².